The van der Waals surface area contributed by atoms with Crippen LogP contribution >= 0.6 is 27.5 Å². The first-order chi connectivity index (χ1) is 6.15. The van der Waals surface area contributed by atoms with Gasteiger partial charge in [-0.25, -0.2) is 0 Å². The Balaban J connectivity index is 2.83. The molecule has 0 aromatic carbocycles. The van der Waals surface area contributed by atoms with Gasteiger partial charge in [-0.05, 0) is 28.1 Å². The standard InChI is InChI=1S/C8H7BrClNO2/c1-13-8(12)7(10)6-3-2-5(9)4-11-6/h2-4,7H,1H3. The molecular formula is C8H7BrClNO2. The van der Waals surface area contributed by atoms with Crippen LogP contribution in [0, 0.1) is 0 Å². The summed E-state index contributed by atoms with van der Waals surface area (Å²) >= 11 is 8.98. The molecule has 1 rings (SSSR count). The Morgan fingerprint density at radius 1 is 1.69 bits per heavy atom. The van der Waals surface area contributed by atoms with Gasteiger partial charge in [0.2, 0.25) is 0 Å². The van der Waals surface area contributed by atoms with E-state index >= 15 is 0 Å². The van der Waals surface area contributed by atoms with Crippen molar-refractivity contribution < 1.29 is 9.53 Å². The lowest BCUT2D eigenvalue weighted by Crippen LogP contribution is -2.09. The Bertz CT molecular complexity index is 302. The highest BCUT2D eigenvalue weighted by atomic mass is 79.9. The first-order valence-electron chi connectivity index (χ1n) is 3.48. The van der Waals surface area contributed by atoms with E-state index < -0.39 is 11.3 Å². The number of rotatable bonds is 2. The summed E-state index contributed by atoms with van der Waals surface area (Å²) in [6.45, 7) is 0. The zero-order valence-corrected chi connectivity index (χ0v) is 9.17. The highest BCUT2D eigenvalue weighted by Gasteiger charge is 2.18. The number of hydrogen-bond acceptors (Lipinski definition) is 3. The zero-order chi connectivity index (χ0) is 9.84. The van der Waals surface area contributed by atoms with Gasteiger partial charge in [-0.3, -0.25) is 9.78 Å². The van der Waals surface area contributed by atoms with Crippen molar-refractivity contribution in [1.82, 2.24) is 4.98 Å². The minimum Gasteiger partial charge on any atom is -0.468 e. The summed E-state index contributed by atoms with van der Waals surface area (Å²) in [5.41, 5.74) is 0.483. The predicted octanol–water partition coefficient (Wildman–Crippen LogP) is 2.30. The molecule has 0 amide bonds. The van der Waals surface area contributed by atoms with Gasteiger partial charge in [0.1, 0.15) is 0 Å². The Kier molecular flexibility index (Phi) is 3.69. The van der Waals surface area contributed by atoms with Crippen LogP contribution in [0.2, 0.25) is 0 Å². The summed E-state index contributed by atoms with van der Waals surface area (Å²) in [5.74, 6) is -0.503. The van der Waals surface area contributed by atoms with Crippen LogP contribution in [-0.4, -0.2) is 18.1 Å². The monoisotopic (exact) mass is 263 g/mol. The van der Waals surface area contributed by atoms with E-state index in [2.05, 4.69) is 25.7 Å². The Labute approximate surface area is 89.2 Å². The summed E-state index contributed by atoms with van der Waals surface area (Å²) in [6, 6.07) is 3.43. The molecule has 13 heavy (non-hydrogen) atoms. The fourth-order valence-electron chi connectivity index (χ4n) is 0.761. The predicted molar refractivity (Wildman–Crippen MR) is 52.5 cm³/mol. The third kappa shape index (κ3) is 2.67. The minimum absolute atomic E-state index is 0.483. The van der Waals surface area contributed by atoms with E-state index in [1.165, 1.54) is 7.11 Å². The zero-order valence-electron chi connectivity index (χ0n) is 6.83. The SMILES string of the molecule is COC(=O)C(Cl)c1ccc(Br)cn1. The molecule has 1 aromatic rings. The van der Waals surface area contributed by atoms with Gasteiger partial charge < -0.3 is 4.74 Å². The van der Waals surface area contributed by atoms with Gasteiger partial charge in [-0.2, -0.15) is 0 Å². The molecule has 0 saturated carbocycles. The van der Waals surface area contributed by atoms with Gasteiger partial charge in [0.25, 0.3) is 0 Å². The second-order valence-corrected chi connectivity index (χ2v) is 3.64. The molecule has 0 spiro atoms. The normalized spacial score (nSPS) is 12.2. The first-order valence-corrected chi connectivity index (χ1v) is 4.71. The van der Waals surface area contributed by atoms with Crippen LogP contribution in [-0.2, 0) is 9.53 Å². The van der Waals surface area contributed by atoms with Crippen LogP contribution in [0.5, 0.6) is 0 Å². The number of nitrogens with zero attached hydrogens (tertiary/aromatic N) is 1. The summed E-state index contributed by atoms with van der Waals surface area (Å²) in [6.07, 6.45) is 1.58. The molecule has 1 heterocycles. The van der Waals surface area contributed by atoms with Gasteiger partial charge in [0, 0.05) is 10.7 Å². The molecule has 1 unspecified atom stereocenters. The van der Waals surface area contributed by atoms with Crippen LogP contribution < -0.4 is 0 Å². The van der Waals surface area contributed by atoms with Crippen LogP contribution in [0.25, 0.3) is 0 Å². The molecule has 5 heteroatoms. The average Bonchev–Trinajstić information content (AvgIpc) is 2.17. The number of carbonyl (C=O) groups excluding carboxylic acids is 1. The summed E-state index contributed by atoms with van der Waals surface area (Å²) in [7, 11) is 1.29. The molecule has 0 N–H and O–H groups in total. The number of alkyl halides is 1. The molecule has 3 nitrogen and oxygen atoms in total. The molecule has 0 fully saturated rings. The van der Waals surface area contributed by atoms with Crippen LogP contribution in [0.1, 0.15) is 11.1 Å². The number of halogens is 2. The van der Waals surface area contributed by atoms with Crippen LogP contribution in [0.3, 0.4) is 0 Å². The number of pyridine rings is 1. The average molecular weight is 265 g/mol. The van der Waals surface area contributed by atoms with Gasteiger partial charge in [0.15, 0.2) is 5.38 Å². The van der Waals surface area contributed by atoms with E-state index in [0.29, 0.717) is 5.69 Å². The topological polar surface area (TPSA) is 39.2 Å². The Hall–Kier alpha value is -0.610. The Morgan fingerprint density at radius 2 is 2.38 bits per heavy atom. The van der Waals surface area contributed by atoms with Gasteiger partial charge >= 0.3 is 5.97 Å². The Morgan fingerprint density at radius 3 is 2.85 bits per heavy atom. The van der Waals surface area contributed by atoms with Crippen molar-refractivity contribution in [2.45, 2.75) is 5.38 Å². The lowest BCUT2D eigenvalue weighted by Gasteiger charge is -2.05. The van der Waals surface area contributed by atoms with Crippen LogP contribution in [0.15, 0.2) is 22.8 Å². The largest absolute Gasteiger partial charge is 0.468 e. The third-order valence-electron chi connectivity index (χ3n) is 1.42. The van der Waals surface area contributed by atoms with E-state index in [9.17, 15) is 4.79 Å². The lowest BCUT2D eigenvalue weighted by molar-refractivity contribution is -0.140. The van der Waals surface area contributed by atoms with Gasteiger partial charge in [-0.1, -0.05) is 0 Å². The first kappa shape index (κ1) is 10.5. The maximum Gasteiger partial charge on any atom is 0.329 e. The highest BCUT2D eigenvalue weighted by Crippen LogP contribution is 2.20. The molecule has 0 bridgehead atoms. The number of methoxy groups -OCH3 is 1. The second-order valence-electron chi connectivity index (χ2n) is 2.29. The molecular weight excluding hydrogens is 257 g/mol. The van der Waals surface area contributed by atoms with Crippen molar-refractivity contribution in [3.05, 3.63) is 28.5 Å². The second kappa shape index (κ2) is 4.58. The summed E-state index contributed by atoms with van der Waals surface area (Å²) < 4.78 is 5.31. The van der Waals surface area contributed by atoms with Crippen molar-refractivity contribution in [2.75, 3.05) is 7.11 Å². The number of aromatic nitrogens is 1. The molecule has 0 aliphatic carbocycles. The summed E-state index contributed by atoms with van der Waals surface area (Å²) in [4.78, 5) is 15.0. The van der Waals surface area contributed by atoms with Gasteiger partial charge in [-0.15, -0.1) is 11.6 Å². The lowest BCUT2D eigenvalue weighted by atomic mass is 10.3. The van der Waals surface area contributed by atoms with Crippen molar-refractivity contribution in [3.63, 3.8) is 0 Å². The molecule has 70 valence electrons. The maximum atomic E-state index is 11.0. The van der Waals surface area contributed by atoms with E-state index in [4.69, 9.17) is 11.6 Å². The number of esters is 1. The number of carbonyl (C=O) groups is 1. The molecule has 0 aliphatic heterocycles. The summed E-state index contributed by atoms with van der Waals surface area (Å²) in [5, 5.41) is -0.835. The van der Waals surface area contributed by atoms with E-state index in [0.717, 1.165) is 4.47 Å². The minimum atomic E-state index is -0.835. The highest BCUT2D eigenvalue weighted by molar-refractivity contribution is 9.10. The molecule has 0 radical (unpaired) electrons. The molecule has 0 aliphatic rings. The van der Waals surface area contributed by atoms with Crippen molar-refractivity contribution in [2.24, 2.45) is 0 Å². The fraction of sp³-hybridized carbons (Fsp3) is 0.250. The van der Waals surface area contributed by atoms with Crippen molar-refractivity contribution >= 4 is 33.5 Å². The van der Waals surface area contributed by atoms with Crippen LogP contribution in [0.4, 0.5) is 0 Å². The molecule has 1 aromatic heterocycles. The van der Waals surface area contributed by atoms with E-state index in [-0.39, 0.29) is 0 Å². The third-order valence-corrected chi connectivity index (χ3v) is 2.29. The molecule has 0 saturated heterocycles. The maximum absolute atomic E-state index is 11.0. The van der Waals surface area contributed by atoms with Crippen molar-refractivity contribution in [1.29, 1.82) is 0 Å². The number of hydrogen-bond donors (Lipinski definition) is 0. The van der Waals surface area contributed by atoms with E-state index in [1.807, 2.05) is 0 Å². The van der Waals surface area contributed by atoms with Crippen molar-refractivity contribution in [3.8, 4) is 0 Å². The van der Waals surface area contributed by atoms with E-state index in [1.54, 1.807) is 18.3 Å². The molecule has 1 atom stereocenters. The van der Waals surface area contributed by atoms with Gasteiger partial charge in [0.05, 0.1) is 12.8 Å². The smallest absolute Gasteiger partial charge is 0.329 e. The number of ether oxygens (including phenoxy) is 1. The fourth-order valence-corrected chi connectivity index (χ4v) is 1.21. The quantitative estimate of drug-likeness (QED) is 0.608.